The summed E-state index contributed by atoms with van der Waals surface area (Å²) < 4.78 is 26.0. The number of halogens is 2. The molecule has 1 heterocycles. The van der Waals surface area contributed by atoms with E-state index in [4.69, 9.17) is 0 Å². The normalized spacial score (nSPS) is 21.8. The zero-order valence-electron chi connectivity index (χ0n) is 10.7. The van der Waals surface area contributed by atoms with Crippen LogP contribution in [0.5, 0.6) is 0 Å². The number of hydrogen-bond donors (Lipinski definition) is 2. The van der Waals surface area contributed by atoms with Gasteiger partial charge >= 0.3 is 0 Å². The van der Waals surface area contributed by atoms with Crippen LogP contribution in [0.2, 0.25) is 0 Å². The SMILES string of the molecule is CC(NCC1CCCCN1)c1ccc(F)c(F)c1. The summed E-state index contributed by atoms with van der Waals surface area (Å²) in [5, 5.41) is 6.81. The first kappa shape index (κ1) is 13.4. The van der Waals surface area contributed by atoms with E-state index in [0.29, 0.717) is 6.04 Å². The van der Waals surface area contributed by atoms with Crippen molar-refractivity contribution < 1.29 is 8.78 Å². The van der Waals surface area contributed by atoms with Crippen LogP contribution >= 0.6 is 0 Å². The van der Waals surface area contributed by atoms with Crippen molar-refractivity contribution in [2.75, 3.05) is 13.1 Å². The van der Waals surface area contributed by atoms with Gasteiger partial charge in [-0.3, -0.25) is 0 Å². The molecule has 1 aliphatic heterocycles. The summed E-state index contributed by atoms with van der Waals surface area (Å²) in [6, 6.07) is 4.60. The molecule has 18 heavy (non-hydrogen) atoms. The lowest BCUT2D eigenvalue weighted by atomic mass is 10.0. The molecular weight excluding hydrogens is 234 g/mol. The summed E-state index contributed by atoms with van der Waals surface area (Å²) in [5.41, 5.74) is 0.782. The van der Waals surface area contributed by atoms with E-state index in [1.165, 1.54) is 31.4 Å². The molecule has 4 heteroatoms. The summed E-state index contributed by atoms with van der Waals surface area (Å²) in [7, 11) is 0. The van der Waals surface area contributed by atoms with Gasteiger partial charge in [0.2, 0.25) is 0 Å². The smallest absolute Gasteiger partial charge is 0.159 e. The van der Waals surface area contributed by atoms with Gasteiger partial charge < -0.3 is 10.6 Å². The van der Waals surface area contributed by atoms with E-state index in [-0.39, 0.29) is 6.04 Å². The van der Waals surface area contributed by atoms with Crippen LogP contribution in [0.4, 0.5) is 8.78 Å². The van der Waals surface area contributed by atoms with Gasteiger partial charge in [0, 0.05) is 18.6 Å². The molecule has 2 atom stereocenters. The number of hydrogen-bond acceptors (Lipinski definition) is 2. The molecule has 100 valence electrons. The largest absolute Gasteiger partial charge is 0.313 e. The number of nitrogens with one attached hydrogen (secondary N) is 2. The standard InChI is InChI=1S/C14H20F2N2/c1-10(11-5-6-13(15)14(16)8-11)18-9-12-4-2-3-7-17-12/h5-6,8,10,12,17-18H,2-4,7,9H2,1H3. The van der Waals surface area contributed by atoms with Crippen LogP contribution in [-0.2, 0) is 0 Å². The van der Waals surface area contributed by atoms with Crippen LogP contribution < -0.4 is 10.6 Å². The fourth-order valence-corrected chi connectivity index (χ4v) is 2.32. The minimum atomic E-state index is -0.792. The second-order valence-electron chi connectivity index (χ2n) is 4.95. The summed E-state index contributed by atoms with van der Waals surface area (Å²) in [6.07, 6.45) is 3.69. The van der Waals surface area contributed by atoms with E-state index in [2.05, 4.69) is 10.6 Å². The van der Waals surface area contributed by atoms with E-state index in [1.54, 1.807) is 6.07 Å². The van der Waals surface area contributed by atoms with Gasteiger partial charge in [0.25, 0.3) is 0 Å². The molecule has 2 nitrogen and oxygen atoms in total. The van der Waals surface area contributed by atoms with Crippen molar-refractivity contribution in [3.05, 3.63) is 35.4 Å². The van der Waals surface area contributed by atoms with Crippen molar-refractivity contribution in [2.45, 2.75) is 38.3 Å². The molecule has 0 amide bonds. The molecule has 1 saturated heterocycles. The Morgan fingerprint density at radius 2 is 2.17 bits per heavy atom. The maximum Gasteiger partial charge on any atom is 0.159 e. The second-order valence-corrected chi connectivity index (χ2v) is 4.95. The van der Waals surface area contributed by atoms with E-state index < -0.39 is 11.6 Å². The van der Waals surface area contributed by atoms with Crippen LogP contribution in [0.3, 0.4) is 0 Å². The van der Waals surface area contributed by atoms with Crippen LogP contribution in [0.15, 0.2) is 18.2 Å². The van der Waals surface area contributed by atoms with Gasteiger partial charge in [0.1, 0.15) is 0 Å². The van der Waals surface area contributed by atoms with Gasteiger partial charge in [0.15, 0.2) is 11.6 Å². The number of benzene rings is 1. The summed E-state index contributed by atoms with van der Waals surface area (Å²) in [4.78, 5) is 0. The monoisotopic (exact) mass is 254 g/mol. The van der Waals surface area contributed by atoms with Crippen molar-refractivity contribution in [3.8, 4) is 0 Å². The highest BCUT2D eigenvalue weighted by Gasteiger charge is 2.14. The second kappa shape index (κ2) is 6.25. The third-order valence-corrected chi connectivity index (χ3v) is 3.53. The van der Waals surface area contributed by atoms with Gasteiger partial charge in [-0.15, -0.1) is 0 Å². The third-order valence-electron chi connectivity index (χ3n) is 3.53. The van der Waals surface area contributed by atoms with Crippen molar-refractivity contribution in [1.29, 1.82) is 0 Å². The maximum atomic E-state index is 13.1. The summed E-state index contributed by atoms with van der Waals surface area (Å²) in [5.74, 6) is -1.57. The minimum absolute atomic E-state index is 0.0313. The van der Waals surface area contributed by atoms with Gasteiger partial charge in [0.05, 0.1) is 0 Å². The third kappa shape index (κ3) is 3.50. The van der Waals surface area contributed by atoms with Crippen LogP contribution in [0.1, 0.15) is 37.8 Å². The predicted octanol–water partition coefficient (Wildman–Crippen LogP) is 2.76. The van der Waals surface area contributed by atoms with Gasteiger partial charge in [-0.2, -0.15) is 0 Å². The summed E-state index contributed by atoms with van der Waals surface area (Å²) in [6.45, 7) is 3.90. The molecule has 2 N–H and O–H groups in total. The highest BCUT2D eigenvalue weighted by atomic mass is 19.2. The Bertz CT molecular complexity index is 389. The lowest BCUT2D eigenvalue weighted by Gasteiger charge is -2.25. The summed E-state index contributed by atoms with van der Waals surface area (Å²) >= 11 is 0. The Kier molecular flexibility index (Phi) is 4.66. The first-order valence-electron chi connectivity index (χ1n) is 6.58. The molecule has 2 rings (SSSR count). The highest BCUT2D eigenvalue weighted by Crippen LogP contribution is 2.16. The lowest BCUT2D eigenvalue weighted by Crippen LogP contribution is -2.42. The zero-order valence-corrected chi connectivity index (χ0v) is 10.7. The quantitative estimate of drug-likeness (QED) is 0.863. The molecule has 0 aliphatic carbocycles. The molecule has 1 fully saturated rings. The first-order valence-corrected chi connectivity index (χ1v) is 6.58. The van der Waals surface area contributed by atoms with Crippen molar-refractivity contribution in [2.24, 2.45) is 0 Å². The average molecular weight is 254 g/mol. The highest BCUT2D eigenvalue weighted by molar-refractivity contribution is 5.20. The fourth-order valence-electron chi connectivity index (χ4n) is 2.32. The van der Waals surface area contributed by atoms with Gasteiger partial charge in [-0.05, 0) is 44.0 Å². The van der Waals surface area contributed by atoms with Gasteiger partial charge in [-0.1, -0.05) is 12.5 Å². The molecule has 0 aromatic heterocycles. The molecule has 1 aromatic carbocycles. The first-order chi connectivity index (χ1) is 8.66. The van der Waals surface area contributed by atoms with Crippen LogP contribution in [-0.4, -0.2) is 19.1 Å². The van der Waals surface area contributed by atoms with Gasteiger partial charge in [-0.25, -0.2) is 8.78 Å². The van der Waals surface area contributed by atoms with E-state index in [1.807, 2.05) is 6.92 Å². The Balaban J connectivity index is 1.86. The fraction of sp³-hybridized carbons (Fsp3) is 0.571. The topological polar surface area (TPSA) is 24.1 Å². The molecule has 1 aliphatic rings. The lowest BCUT2D eigenvalue weighted by molar-refractivity contribution is 0.371. The van der Waals surface area contributed by atoms with E-state index in [9.17, 15) is 8.78 Å². The van der Waals surface area contributed by atoms with E-state index >= 15 is 0 Å². The molecule has 2 unspecified atom stereocenters. The Morgan fingerprint density at radius 1 is 1.33 bits per heavy atom. The Hall–Kier alpha value is -1.00. The molecule has 0 radical (unpaired) electrons. The molecule has 0 bridgehead atoms. The zero-order chi connectivity index (χ0) is 13.0. The van der Waals surface area contributed by atoms with Crippen molar-refractivity contribution in [3.63, 3.8) is 0 Å². The molecule has 1 aromatic rings. The molecular formula is C14H20F2N2. The van der Waals surface area contributed by atoms with E-state index in [0.717, 1.165) is 18.7 Å². The number of piperidine rings is 1. The maximum absolute atomic E-state index is 13.1. The Morgan fingerprint density at radius 3 is 2.83 bits per heavy atom. The van der Waals surface area contributed by atoms with Crippen molar-refractivity contribution in [1.82, 2.24) is 10.6 Å². The molecule has 0 spiro atoms. The predicted molar refractivity (Wildman–Crippen MR) is 68.4 cm³/mol. The Labute approximate surface area is 107 Å². The van der Waals surface area contributed by atoms with Crippen molar-refractivity contribution >= 4 is 0 Å². The number of rotatable bonds is 4. The average Bonchev–Trinajstić information content (AvgIpc) is 2.40. The molecule has 0 saturated carbocycles. The van der Waals surface area contributed by atoms with Crippen LogP contribution in [0, 0.1) is 11.6 Å². The van der Waals surface area contributed by atoms with Crippen LogP contribution in [0.25, 0.3) is 0 Å². The minimum Gasteiger partial charge on any atom is -0.313 e.